The molecule has 0 aliphatic carbocycles. The summed E-state index contributed by atoms with van der Waals surface area (Å²) in [6.45, 7) is 8.93. The predicted octanol–water partition coefficient (Wildman–Crippen LogP) is 1.83. The summed E-state index contributed by atoms with van der Waals surface area (Å²) in [4.78, 5) is 0. The number of aromatic nitrogens is 2. The van der Waals surface area contributed by atoms with Gasteiger partial charge in [-0.25, -0.2) is 0 Å². The van der Waals surface area contributed by atoms with Gasteiger partial charge in [-0.15, -0.1) is 0 Å². The van der Waals surface area contributed by atoms with Crippen LogP contribution in [0, 0.1) is 12.3 Å². The molecule has 0 bridgehead atoms. The molecule has 15 heavy (non-hydrogen) atoms. The van der Waals surface area contributed by atoms with E-state index >= 15 is 0 Å². The maximum absolute atomic E-state index is 4.44. The fraction of sp³-hybridized carbons (Fsp3) is 0.750. The van der Waals surface area contributed by atoms with E-state index in [1.807, 2.05) is 4.68 Å². The van der Waals surface area contributed by atoms with Crippen molar-refractivity contribution in [2.75, 3.05) is 13.1 Å². The Morgan fingerprint density at radius 2 is 2.40 bits per heavy atom. The van der Waals surface area contributed by atoms with Crippen molar-refractivity contribution in [1.29, 1.82) is 0 Å². The van der Waals surface area contributed by atoms with Crippen LogP contribution in [-0.2, 0) is 7.05 Å². The summed E-state index contributed by atoms with van der Waals surface area (Å²) in [6.07, 6.45) is 1.22. The van der Waals surface area contributed by atoms with Crippen molar-refractivity contribution in [2.45, 2.75) is 33.1 Å². The highest BCUT2D eigenvalue weighted by Crippen LogP contribution is 2.41. The minimum Gasteiger partial charge on any atom is -0.315 e. The molecule has 1 saturated heterocycles. The highest BCUT2D eigenvalue weighted by atomic mass is 15.3. The monoisotopic (exact) mass is 207 g/mol. The van der Waals surface area contributed by atoms with Gasteiger partial charge in [-0.2, -0.15) is 5.10 Å². The van der Waals surface area contributed by atoms with Crippen LogP contribution < -0.4 is 5.32 Å². The molecule has 2 atom stereocenters. The molecule has 1 aliphatic rings. The predicted molar refractivity (Wildman–Crippen MR) is 62.0 cm³/mol. The molecule has 0 radical (unpaired) electrons. The number of aryl methyl sites for hydroxylation is 2. The molecular weight excluding hydrogens is 186 g/mol. The van der Waals surface area contributed by atoms with E-state index < -0.39 is 0 Å². The first-order valence-corrected chi connectivity index (χ1v) is 5.78. The minimum absolute atomic E-state index is 0.389. The first kappa shape index (κ1) is 10.7. The Morgan fingerprint density at radius 1 is 1.67 bits per heavy atom. The van der Waals surface area contributed by atoms with E-state index in [9.17, 15) is 0 Å². The van der Waals surface area contributed by atoms with Gasteiger partial charge in [0.25, 0.3) is 0 Å². The summed E-state index contributed by atoms with van der Waals surface area (Å²) in [5.74, 6) is 0.605. The lowest BCUT2D eigenvalue weighted by atomic mass is 9.76. The van der Waals surface area contributed by atoms with Crippen LogP contribution in [0.1, 0.15) is 37.6 Å². The first-order chi connectivity index (χ1) is 7.07. The molecule has 0 aromatic carbocycles. The molecular formula is C12H21N3. The second-order valence-corrected chi connectivity index (χ2v) is 5.03. The van der Waals surface area contributed by atoms with Gasteiger partial charge in [-0.3, -0.25) is 4.68 Å². The molecule has 2 unspecified atom stereocenters. The van der Waals surface area contributed by atoms with Gasteiger partial charge in [0, 0.05) is 31.7 Å². The Labute approximate surface area is 91.9 Å². The highest BCUT2D eigenvalue weighted by Gasteiger charge is 2.39. The van der Waals surface area contributed by atoms with Gasteiger partial charge in [0.2, 0.25) is 0 Å². The lowest BCUT2D eigenvalue weighted by Gasteiger charge is -2.29. The summed E-state index contributed by atoms with van der Waals surface area (Å²) in [7, 11) is 2.05. The van der Waals surface area contributed by atoms with Crippen LogP contribution >= 0.6 is 0 Å². The van der Waals surface area contributed by atoms with E-state index in [2.05, 4.69) is 44.3 Å². The minimum atomic E-state index is 0.389. The molecule has 0 amide bonds. The summed E-state index contributed by atoms with van der Waals surface area (Å²) < 4.78 is 2.04. The third kappa shape index (κ3) is 1.69. The summed E-state index contributed by atoms with van der Waals surface area (Å²) in [6, 6.07) is 2.23. The van der Waals surface area contributed by atoms with Crippen LogP contribution in [0.15, 0.2) is 6.07 Å². The van der Waals surface area contributed by atoms with Crippen molar-refractivity contribution in [3.63, 3.8) is 0 Å². The Bertz CT molecular complexity index is 356. The molecule has 1 fully saturated rings. The van der Waals surface area contributed by atoms with Gasteiger partial charge < -0.3 is 5.32 Å². The van der Waals surface area contributed by atoms with E-state index in [0.29, 0.717) is 11.3 Å². The fourth-order valence-electron chi connectivity index (χ4n) is 2.66. The second kappa shape index (κ2) is 3.63. The topological polar surface area (TPSA) is 29.9 Å². The Balaban J connectivity index is 2.34. The standard InChI is InChI=1S/C12H21N3/c1-5-12(3)8-13-7-10(12)11-6-9(2)14-15(11)4/h6,10,13H,5,7-8H2,1-4H3. The Kier molecular flexibility index (Phi) is 2.59. The Morgan fingerprint density at radius 3 is 2.93 bits per heavy atom. The van der Waals surface area contributed by atoms with E-state index in [1.54, 1.807) is 0 Å². The molecule has 0 spiro atoms. The van der Waals surface area contributed by atoms with E-state index in [1.165, 1.54) is 12.1 Å². The van der Waals surface area contributed by atoms with Crippen molar-refractivity contribution >= 4 is 0 Å². The van der Waals surface area contributed by atoms with E-state index in [-0.39, 0.29) is 0 Å². The van der Waals surface area contributed by atoms with Crippen LogP contribution in [-0.4, -0.2) is 22.9 Å². The lowest BCUT2D eigenvalue weighted by molar-refractivity contribution is 0.299. The average molecular weight is 207 g/mol. The van der Waals surface area contributed by atoms with Crippen LogP contribution in [0.4, 0.5) is 0 Å². The number of rotatable bonds is 2. The lowest BCUT2D eigenvalue weighted by Crippen LogP contribution is -2.25. The number of nitrogens with zero attached hydrogens (tertiary/aromatic N) is 2. The van der Waals surface area contributed by atoms with Gasteiger partial charge in [-0.05, 0) is 24.8 Å². The summed E-state index contributed by atoms with van der Waals surface area (Å²) in [5, 5.41) is 7.95. The van der Waals surface area contributed by atoms with Gasteiger partial charge in [-0.1, -0.05) is 13.8 Å². The average Bonchev–Trinajstić information content (AvgIpc) is 2.70. The third-order valence-electron chi connectivity index (χ3n) is 3.92. The fourth-order valence-corrected chi connectivity index (χ4v) is 2.66. The highest BCUT2D eigenvalue weighted by molar-refractivity contribution is 5.19. The molecule has 1 N–H and O–H groups in total. The Hall–Kier alpha value is -0.830. The van der Waals surface area contributed by atoms with Crippen molar-refractivity contribution in [3.05, 3.63) is 17.5 Å². The molecule has 1 aromatic rings. The molecule has 2 heterocycles. The van der Waals surface area contributed by atoms with Gasteiger partial charge >= 0.3 is 0 Å². The number of hydrogen-bond donors (Lipinski definition) is 1. The van der Waals surface area contributed by atoms with Crippen molar-refractivity contribution in [3.8, 4) is 0 Å². The quantitative estimate of drug-likeness (QED) is 0.802. The molecule has 3 heteroatoms. The zero-order chi connectivity index (χ0) is 11.1. The molecule has 2 rings (SSSR count). The molecule has 0 saturated carbocycles. The zero-order valence-corrected chi connectivity index (χ0v) is 10.2. The maximum Gasteiger partial charge on any atom is 0.0596 e. The normalized spacial score (nSPS) is 31.1. The summed E-state index contributed by atoms with van der Waals surface area (Å²) >= 11 is 0. The smallest absolute Gasteiger partial charge is 0.0596 e. The first-order valence-electron chi connectivity index (χ1n) is 5.78. The molecule has 3 nitrogen and oxygen atoms in total. The van der Waals surface area contributed by atoms with E-state index in [0.717, 1.165) is 18.8 Å². The van der Waals surface area contributed by atoms with Crippen LogP contribution in [0.25, 0.3) is 0 Å². The van der Waals surface area contributed by atoms with Gasteiger partial charge in [0.15, 0.2) is 0 Å². The zero-order valence-electron chi connectivity index (χ0n) is 10.2. The van der Waals surface area contributed by atoms with E-state index in [4.69, 9.17) is 0 Å². The van der Waals surface area contributed by atoms with Crippen molar-refractivity contribution < 1.29 is 0 Å². The summed E-state index contributed by atoms with van der Waals surface area (Å²) in [5.41, 5.74) is 2.89. The molecule has 1 aromatic heterocycles. The van der Waals surface area contributed by atoms with Crippen molar-refractivity contribution in [2.24, 2.45) is 12.5 Å². The molecule has 1 aliphatic heterocycles. The van der Waals surface area contributed by atoms with Gasteiger partial charge in [0.1, 0.15) is 0 Å². The maximum atomic E-state index is 4.44. The number of hydrogen-bond acceptors (Lipinski definition) is 2. The third-order valence-corrected chi connectivity index (χ3v) is 3.92. The SMILES string of the molecule is CCC1(C)CNCC1c1cc(C)nn1C. The van der Waals surface area contributed by atoms with Crippen LogP contribution in [0.2, 0.25) is 0 Å². The van der Waals surface area contributed by atoms with Crippen molar-refractivity contribution in [1.82, 2.24) is 15.1 Å². The number of nitrogens with one attached hydrogen (secondary N) is 1. The van der Waals surface area contributed by atoms with Gasteiger partial charge in [0.05, 0.1) is 5.69 Å². The second-order valence-electron chi connectivity index (χ2n) is 5.03. The van der Waals surface area contributed by atoms with Crippen LogP contribution in [0.3, 0.4) is 0 Å². The van der Waals surface area contributed by atoms with Crippen LogP contribution in [0.5, 0.6) is 0 Å². The largest absolute Gasteiger partial charge is 0.315 e. The molecule has 84 valence electrons.